The van der Waals surface area contributed by atoms with E-state index < -0.39 is 11.8 Å². The molecule has 6 nitrogen and oxygen atoms in total. The van der Waals surface area contributed by atoms with Crippen LogP contribution in [-0.4, -0.2) is 21.8 Å². The minimum Gasteiger partial charge on any atom is -0.335 e. The molecule has 4 heterocycles. The zero-order valence-electron chi connectivity index (χ0n) is 16.6. The van der Waals surface area contributed by atoms with Crippen molar-refractivity contribution in [2.45, 2.75) is 13.8 Å². The quantitative estimate of drug-likeness (QED) is 0.404. The molecule has 0 radical (unpaired) electrons. The molecule has 1 aromatic carbocycles. The molecule has 5 rings (SSSR count). The van der Waals surface area contributed by atoms with E-state index in [1.165, 1.54) is 16.9 Å². The van der Waals surface area contributed by atoms with Gasteiger partial charge in [0.05, 0.1) is 10.3 Å². The molecule has 1 aliphatic rings. The highest BCUT2D eigenvalue weighted by molar-refractivity contribution is 7.17. The van der Waals surface area contributed by atoms with Gasteiger partial charge in [-0.25, -0.2) is 9.97 Å². The molecule has 0 spiro atoms. The molecule has 9 heteroatoms. The van der Waals surface area contributed by atoms with Crippen molar-refractivity contribution in [1.29, 1.82) is 0 Å². The summed E-state index contributed by atoms with van der Waals surface area (Å²) in [4.78, 5) is 35.5. The van der Waals surface area contributed by atoms with Crippen LogP contribution in [0, 0.1) is 6.92 Å². The number of halogens is 1. The van der Waals surface area contributed by atoms with Crippen LogP contribution in [0.3, 0.4) is 0 Å². The fourth-order valence-electron chi connectivity index (χ4n) is 3.31. The molecule has 0 bridgehead atoms. The van der Waals surface area contributed by atoms with Crippen LogP contribution in [0.4, 0.5) is 5.82 Å². The maximum absolute atomic E-state index is 12.3. The van der Waals surface area contributed by atoms with E-state index in [0.717, 1.165) is 26.2 Å². The van der Waals surface area contributed by atoms with Crippen molar-refractivity contribution >= 4 is 62.9 Å². The van der Waals surface area contributed by atoms with Crippen molar-refractivity contribution in [2.24, 2.45) is 0 Å². The number of rotatable bonds is 4. The molecule has 0 unspecified atom stereocenters. The summed E-state index contributed by atoms with van der Waals surface area (Å²) in [6.07, 6.45) is 0. The van der Waals surface area contributed by atoms with E-state index >= 15 is 0 Å². The van der Waals surface area contributed by atoms with Gasteiger partial charge in [-0.2, -0.15) is 0 Å². The highest BCUT2D eigenvalue weighted by atomic mass is 35.5. The molecule has 0 atom stereocenters. The summed E-state index contributed by atoms with van der Waals surface area (Å²) in [7, 11) is 0. The van der Waals surface area contributed by atoms with Gasteiger partial charge in [-0.3, -0.25) is 14.9 Å². The van der Waals surface area contributed by atoms with Crippen molar-refractivity contribution in [3.8, 4) is 21.8 Å². The van der Waals surface area contributed by atoms with Gasteiger partial charge >= 0.3 is 0 Å². The van der Waals surface area contributed by atoms with Crippen LogP contribution < -0.4 is 10.6 Å². The van der Waals surface area contributed by atoms with E-state index in [1.54, 1.807) is 18.3 Å². The molecule has 2 amide bonds. The fraction of sp³-hybridized carbons (Fsp3) is 0.0909. The lowest BCUT2D eigenvalue weighted by Gasteiger charge is -2.11. The molecule has 4 aromatic rings. The first kappa shape index (κ1) is 21.2. The predicted octanol–water partition coefficient (Wildman–Crippen LogP) is 5.16. The number of imide groups is 1. The lowest BCUT2D eigenvalue weighted by Crippen LogP contribution is -2.24. The second-order valence-corrected chi connectivity index (χ2v) is 8.78. The Labute approximate surface area is 192 Å². The van der Waals surface area contributed by atoms with Crippen molar-refractivity contribution in [2.75, 3.05) is 5.32 Å². The van der Waals surface area contributed by atoms with E-state index in [9.17, 15) is 9.59 Å². The number of amides is 2. The third-order valence-corrected chi connectivity index (χ3v) is 6.69. The monoisotopic (exact) mass is 468 g/mol. The van der Waals surface area contributed by atoms with Gasteiger partial charge in [0.2, 0.25) is 0 Å². The second kappa shape index (κ2) is 8.22. The molecule has 156 valence electrons. The Kier molecular flexibility index (Phi) is 5.62. The van der Waals surface area contributed by atoms with Crippen molar-refractivity contribution in [1.82, 2.24) is 15.3 Å². The Bertz CT molecular complexity index is 1340. The predicted molar refractivity (Wildman–Crippen MR) is 128 cm³/mol. The normalized spacial score (nSPS) is 13.5. The summed E-state index contributed by atoms with van der Waals surface area (Å²) in [5, 5.41) is 10.3. The Morgan fingerprint density at radius 2 is 1.74 bits per heavy atom. The minimum absolute atomic E-state index is 0. The first-order valence-electron chi connectivity index (χ1n) is 9.25. The number of nitrogens with one attached hydrogen (secondary N) is 2. The lowest BCUT2D eigenvalue weighted by molar-refractivity contribution is -0.124. The van der Waals surface area contributed by atoms with Gasteiger partial charge in [-0.15, -0.1) is 35.1 Å². The van der Waals surface area contributed by atoms with Gasteiger partial charge in [0.15, 0.2) is 5.82 Å². The molecule has 1 aliphatic heterocycles. The average Bonchev–Trinajstić information content (AvgIpc) is 3.46. The number of carbonyl (C=O) groups is 2. The van der Waals surface area contributed by atoms with Gasteiger partial charge in [0.25, 0.3) is 11.8 Å². The third-order valence-electron chi connectivity index (χ3n) is 4.95. The van der Waals surface area contributed by atoms with Gasteiger partial charge < -0.3 is 5.32 Å². The summed E-state index contributed by atoms with van der Waals surface area (Å²) in [6.45, 7) is 3.67. The molecule has 0 fully saturated rings. The van der Waals surface area contributed by atoms with Crippen LogP contribution in [0.25, 0.3) is 32.0 Å². The van der Waals surface area contributed by atoms with Crippen molar-refractivity contribution < 1.29 is 9.59 Å². The van der Waals surface area contributed by atoms with Gasteiger partial charge in [-0.05, 0) is 30.9 Å². The summed E-state index contributed by atoms with van der Waals surface area (Å²) in [6, 6.07) is 12.1. The number of aromatic nitrogens is 2. The number of fused-ring (bicyclic) bond motifs is 1. The lowest BCUT2D eigenvalue weighted by atomic mass is 10.0. The van der Waals surface area contributed by atoms with Crippen molar-refractivity contribution in [3.63, 3.8) is 0 Å². The summed E-state index contributed by atoms with van der Waals surface area (Å²) >= 11 is 3.08. The third kappa shape index (κ3) is 3.74. The number of carbonyl (C=O) groups excluding carboxylic acids is 2. The highest BCUT2D eigenvalue weighted by Crippen LogP contribution is 2.39. The SMILES string of the molecule is CC1=C(Nc2nc(-c3cccs3)nc3scc(-c4ccc(C)cc4)c23)C(=O)NC1=O.Cl. The second-order valence-electron chi connectivity index (χ2n) is 6.98. The topological polar surface area (TPSA) is 84.0 Å². The first-order valence-corrected chi connectivity index (χ1v) is 11.0. The number of hydrogen-bond donors (Lipinski definition) is 2. The first-order chi connectivity index (χ1) is 14.5. The fourth-order valence-corrected chi connectivity index (χ4v) is 4.91. The zero-order valence-corrected chi connectivity index (χ0v) is 19.0. The van der Waals surface area contributed by atoms with Gasteiger partial charge in [0.1, 0.15) is 16.3 Å². The molecular weight excluding hydrogens is 452 g/mol. The Hall–Kier alpha value is -3.07. The highest BCUT2D eigenvalue weighted by Gasteiger charge is 2.28. The Morgan fingerprint density at radius 1 is 0.968 bits per heavy atom. The molecule has 0 aliphatic carbocycles. The van der Waals surface area contributed by atoms with Crippen LogP contribution in [-0.2, 0) is 9.59 Å². The van der Waals surface area contributed by atoms with Crippen LogP contribution in [0.15, 0.2) is 58.4 Å². The molecule has 0 saturated carbocycles. The number of benzene rings is 1. The molecule has 0 saturated heterocycles. The number of aryl methyl sites for hydroxylation is 1. The Morgan fingerprint density at radius 3 is 2.39 bits per heavy atom. The molecule has 31 heavy (non-hydrogen) atoms. The van der Waals surface area contributed by atoms with Crippen LogP contribution in [0.5, 0.6) is 0 Å². The van der Waals surface area contributed by atoms with Gasteiger partial charge in [0, 0.05) is 16.5 Å². The number of nitrogens with zero attached hydrogens (tertiary/aromatic N) is 2. The van der Waals surface area contributed by atoms with E-state index in [4.69, 9.17) is 9.97 Å². The maximum atomic E-state index is 12.3. The van der Waals surface area contributed by atoms with E-state index in [0.29, 0.717) is 17.2 Å². The van der Waals surface area contributed by atoms with Gasteiger partial charge in [-0.1, -0.05) is 35.9 Å². The smallest absolute Gasteiger partial charge is 0.275 e. The zero-order chi connectivity index (χ0) is 20.8. The average molecular weight is 469 g/mol. The van der Waals surface area contributed by atoms with E-state index in [1.807, 2.05) is 24.4 Å². The summed E-state index contributed by atoms with van der Waals surface area (Å²) in [5.41, 5.74) is 3.77. The van der Waals surface area contributed by atoms with Crippen LogP contribution >= 0.6 is 35.1 Å². The summed E-state index contributed by atoms with van der Waals surface area (Å²) in [5.74, 6) is 0.254. The summed E-state index contributed by atoms with van der Waals surface area (Å²) < 4.78 is 0. The number of thiophene rings is 2. The minimum atomic E-state index is -0.450. The standard InChI is InChI=1S/C22H16N4O2S2.ClH/c1-11-5-7-13(8-6-11)14-10-30-22-16(14)19(23-17-12(2)20(27)26-21(17)28)24-18(25-22)15-4-3-9-29-15;/h3-10H,1-2H3,(H2,23,24,25,26,27,28);1H. The van der Waals surface area contributed by atoms with Crippen LogP contribution in [0.1, 0.15) is 12.5 Å². The maximum Gasteiger partial charge on any atom is 0.275 e. The van der Waals surface area contributed by atoms with Crippen LogP contribution in [0.2, 0.25) is 0 Å². The van der Waals surface area contributed by atoms with Crippen molar-refractivity contribution in [3.05, 3.63) is 64.0 Å². The van der Waals surface area contributed by atoms with E-state index in [-0.39, 0.29) is 18.1 Å². The number of anilines is 1. The molecule has 3 aromatic heterocycles. The number of hydrogen-bond acceptors (Lipinski definition) is 7. The molecular formula is C22H17ClN4O2S2. The Balaban J connectivity index is 0.00000231. The van der Waals surface area contributed by atoms with E-state index in [2.05, 4.69) is 40.3 Å². The molecule has 2 N–H and O–H groups in total. The largest absolute Gasteiger partial charge is 0.335 e.